The number of anilines is 1. The fraction of sp³-hybridized carbons (Fsp3) is 0.286. The zero-order valence-electron chi connectivity index (χ0n) is 11.2. The Morgan fingerprint density at radius 1 is 1.45 bits per heavy atom. The van der Waals surface area contributed by atoms with Gasteiger partial charge in [-0.25, -0.2) is 4.98 Å². The SMILES string of the molecule is Cc1[nH]c(CCN)nc1-c1ccc2c(c1)NC(=O)CO2. The Morgan fingerprint density at radius 2 is 2.30 bits per heavy atom. The van der Waals surface area contributed by atoms with E-state index in [9.17, 15) is 4.79 Å². The lowest BCUT2D eigenvalue weighted by Gasteiger charge is -2.18. The first-order valence-electron chi connectivity index (χ1n) is 6.50. The van der Waals surface area contributed by atoms with Crippen LogP contribution in [0.4, 0.5) is 5.69 Å². The largest absolute Gasteiger partial charge is 0.482 e. The van der Waals surface area contributed by atoms with Crippen LogP contribution >= 0.6 is 0 Å². The number of aromatic amines is 1. The van der Waals surface area contributed by atoms with Crippen molar-refractivity contribution in [2.45, 2.75) is 13.3 Å². The highest BCUT2D eigenvalue weighted by atomic mass is 16.5. The number of H-pyrrole nitrogens is 1. The highest BCUT2D eigenvalue weighted by molar-refractivity contribution is 5.96. The number of rotatable bonds is 3. The Labute approximate surface area is 116 Å². The molecule has 20 heavy (non-hydrogen) atoms. The number of nitrogens with zero attached hydrogens (tertiary/aromatic N) is 1. The smallest absolute Gasteiger partial charge is 0.262 e. The zero-order valence-corrected chi connectivity index (χ0v) is 11.2. The molecule has 104 valence electrons. The molecule has 0 spiro atoms. The van der Waals surface area contributed by atoms with Crippen LogP contribution < -0.4 is 15.8 Å². The molecule has 1 amide bonds. The number of imidazole rings is 1. The van der Waals surface area contributed by atoms with Crippen molar-refractivity contribution in [3.8, 4) is 17.0 Å². The first-order chi connectivity index (χ1) is 9.67. The first-order valence-corrected chi connectivity index (χ1v) is 6.50. The van der Waals surface area contributed by atoms with E-state index in [1.807, 2.05) is 25.1 Å². The predicted molar refractivity (Wildman–Crippen MR) is 75.6 cm³/mol. The maximum atomic E-state index is 11.4. The van der Waals surface area contributed by atoms with Gasteiger partial charge in [-0.3, -0.25) is 4.79 Å². The van der Waals surface area contributed by atoms with E-state index in [0.29, 0.717) is 24.4 Å². The van der Waals surface area contributed by atoms with Crippen LogP contribution in [0.25, 0.3) is 11.3 Å². The summed E-state index contributed by atoms with van der Waals surface area (Å²) in [5.41, 5.74) is 9.01. The van der Waals surface area contributed by atoms with Gasteiger partial charge in [0.15, 0.2) is 6.61 Å². The van der Waals surface area contributed by atoms with E-state index >= 15 is 0 Å². The molecule has 0 aliphatic carbocycles. The molecule has 2 aromatic rings. The molecule has 0 saturated heterocycles. The Hall–Kier alpha value is -2.34. The number of nitrogens with one attached hydrogen (secondary N) is 2. The number of ether oxygens (including phenoxy) is 1. The lowest BCUT2D eigenvalue weighted by Crippen LogP contribution is -2.25. The van der Waals surface area contributed by atoms with Crippen molar-refractivity contribution in [1.82, 2.24) is 9.97 Å². The third-order valence-electron chi connectivity index (χ3n) is 3.20. The summed E-state index contributed by atoms with van der Waals surface area (Å²) in [5.74, 6) is 1.42. The average molecular weight is 272 g/mol. The molecular weight excluding hydrogens is 256 g/mol. The molecule has 0 fully saturated rings. The number of carbonyl (C=O) groups excluding carboxylic acids is 1. The van der Waals surface area contributed by atoms with E-state index in [1.165, 1.54) is 0 Å². The van der Waals surface area contributed by atoms with Gasteiger partial charge >= 0.3 is 0 Å². The Kier molecular flexibility index (Phi) is 3.15. The molecular formula is C14H16N4O2. The highest BCUT2D eigenvalue weighted by Crippen LogP contribution is 2.33. The van der Waals surface area contributed by atoms with E-state index in [-0.39, 0.29) is 12.5 Å². The summed E-state index contributed by atoms with van der Waals surface area (Å²) in [5, 5.41) is 2.80. The van der Waals surface area contributed by atoms with E-state index in [1.54, 1.807) is 0 Å². The molecule has 6 heteroatoms. The number of nitrogens with two attached hydrogens (primary N) is 1. The quantitative estimate of drug-likeness (QED) is 0.783. The summed E-state index contributed by atoms with van der Waals surface area (Å²) in [6.07, 6.45) is 0.714. The van der Waals surface area contributed by atoms with Crippen molar-refractivity contribution in [3.63, 3.8) is 0 Å². The summed E-state index contributed by atoms with van der Waals surface area (Å²) < 4.78 is 5.34. The van der Waals surface area contributed by atoms with Crippen molar-refractivity contribution < 1.29 is 9.53 Å². The molecule has 0 bridgehead atoms. The van der Waals surface area contributed by atoms with Gasteiger partial charge in [0.25, 0.3) is 5.91 Å². The minimum atomic E-state index is -0.141. The lowest BCUT2D eigenvalue weighted by atomic mass is 10.1. The van der Waals surface area contributed by atoms with Gasteiger partial charge in [-0.15, -0.1) is 0 Å². The number of benzene rings is 1. The third-order valence-corrected chi connectivity index (χ3v) is 3.20. The molecule has 0 radical (unpaired) electrons. The maximum absolute atomic E-state index is 11.4. The molecule has 0 saturated carbocycles. The van der Waals surface area contributed by atoms with Crippen molar-refractivity contribution in [1.29, 1.82) is 0 Å². The topological polar surface area (TPSA) is 93.0 Å². The van der Waals surface area contributed by atoms with Gasteiger partial charge in [0, 0.05) is 17.7 Å². The molecule has 1 aromatic heterocycles. The van der Waals surface area contributed by atoms with Crippen LogP contribution in [-0.4, -0.2) is 29.0 Å². The minimum Gasteiger partial charge on any atom is -0.482 e. The lowest BCUT2D eigenvalue weighted by molar-refractivity contribution is -0.118. The number of aryl methyl sites for hydroxylation is 1. The number of aromatic nitrogens is 2. The van der Waals surface area contributed by atoms with Crippen LogP contribution in [0, 0.1) is 6.92 Å². The Morgan fingerprint density at radius 3 is 3.10 bits per heavy atom. The van der Waals surface area contributed by atoms with Gasteiger partial charge < -0.3 is 20.8 Å². The van der Waals surface area contributed by atoms with E-state index in [0.717, 1.165) is 22.8 Å². The van der Waals surface area contributed by atoms with Crippen LogP contribution in [0.5, 0.6) is 5.75 Å². The first kappa shape index (κ1) is 12.7. The van der Waals surface area contributed by atoms with Gasteiger partial charge in [-0.1, -0.05) is 0 Å². The summed E-state index contributed by atoms with van der Waals surface area (Å²) in [6.45, 7) is 2.59. The van der Waals surface area contributed by atoms with Crippen LogP contribution in [-0.2, 0) is 11.2 Å². The molecule has 6 nitrogen and oxygen atoms in total. The molecule has 0 atom stereocenters. The van der Waals surface area contributed by atoms with Crippen molar-refractivity contribution >= 4 is 11.6 Å². The Bertz CT molecular complexity index is 663. The van der Waals surface area contributed by atoms with Gasteiger partial charge in [-0.05, 0) is 31.7 Å². The summed E-state index contributed by atoms with van der Waals surface area (Å²) in [4.78, 5) is 19.1. The van der Waals surface area contributed by atoms with E-state index in [2.05, 4.69) is 15.3 Å². The molecule has 1 aliphatic rings. The fourth-order valence-electron chi connectivity index (χ4n) is 2.29. The number of amides is 1. The number of hydrogen-bond donors (Lipinski definition) is 3. The summed E-state index contributed by atoms with van der Waals surface area (Å²) in [6, 6.07) is 5.66. The maximum Gasteiger partial charge on any atom is 0.262 e. The number of carbonyl (C=O) groups is 1. The normalized spacial score (nSPS) is 13.6. The second-order valence-electron chi connectivity index (χ2n) is 4.74. The molecule has 3 rings (SSSR count). The van der Waals surface area contributed by atoms with Gasteiger partial charge in [0.1, 0.15) is 11.6 Å². The van der Waals surface area contributed by atoms with Crippen molar-refractivity contribution in [2.75, 3.05) is 18.5 Å². The van der Waals surface area contributed by atoms with Crippen molar-refractivity contribution in [2.24, 2.45) is 5.73 Å². The van der Waals surface area contributed by atoms with Crippen LogP contribution in [0.3, 0.4) is 0 Å². The van der Waals surface area contributed by atoms with Crippen LogP contribution in [0.2, 0.25) is 0 Å². The fourth-order valence-corrected chi connectivity index (χ4v) is 2.29. The van der Waals surface area contributed by atoms with Gasteiger partial charge in [0.2, 0.25) is 0 Å². The molecule has 4 N–H and O–H groups in total. The zero-order chi connectivity index (χ0) is 14.1. The number of hydrogen-bond acceptors (Lipinski definition) is 4. The van der Waals surface area contributed by atoms with Gasteiger partial charge in [-0.2, -0.15) is 0 Å². The third kappa shape index (κ3) is 2.25. The second-order valence-corrected chi connectivity index (χ2v) is 4.74. The van der Waals surface area contributed by atoms with Crippen LogP contribution in [0.1, 0.15) is 11.5 Å². The monoisotopic (exact) mass is 272 g/mol. The molecule has 2 heterocycles. The van der Waals surface area contributed by atoms with Gasteiger partial charge in [0.05, 0.1) is 11.4 Å². The summed E-state index contributed by atoms with van der Waals surface area (Å²) in [7, 11) is 0. The van der Waals surface area contributed by atoms with Crippen LogP contribution in [0.15, 0.2) is 18.2 Å². The predicted octanol–water partition coefficient (Wildman–Crippen LogP) is 1.22. The number of fused-ring (bicyclic) bond motifs is 1. The minimum absolute atomic E-state index is 0.0639. The van der Waals surface area contributed by atoms with E-state index < -0.39 is 0 Å². The molecule has 1 aliphatic heterocycles. The molecule has 0 unspecified atom stereocenters. The standard InChI is InChI=1S/C14H16N4O2/c1-8-14(18-12(16-8)4-5-15)9-2-3-11-10(6-9)17-13(19)7-20-11/h2-3,6H,4-5,7,15H2,1H3,(H,16,18)(H,17,19). The highest BCUT2D eigenvalue weighted by Gasteiger charge is 2.17. The van der Waals surface area contributed by atoms with E-state index in [4.69, 9.17) is 10.5 Å². The van der Waals surface area contributed by atoms with Crippen molar-refractivity contribution in [3.05, 3.63) is 29.7 Å². The Balaban J connectivity index is 1.98. The average Bonchev–Trinajstić information content (AvgIpc) is 2.79. The summed E-state index contributed by atoms with van der Waals surface area (Å²) >= 11 is 0. The second kappa shape index (κ2) is 4.97. The molecule has 1 aromatic carbocycles.